The first-order valence-corrected chi connectivity index (χ1v) is 8.32. The molecule has 0 aliphatic carbocycles. The highest BCUT2D eigenvalue weighted by Gasteiger charge is 2.13. The molecule has 0 saturated heterocycles. The summed E-state index contributed by atoms with van der Waals surface area (Å²) in [5.74, 6) is 1.51. The summed E-state index contributed by atoms with van der Waals surface area (Å²) in [6.45, 7) is 2.05. The first-order chi connectivity index (χ1) is 9.22. The van der Waals surface area contributed by atoms with Crippen LogP contribution in [0.15, 0.2) is 29.6 Å². The predicted molar refractivity (Wildman–Crippen MR) is 84.5 cm³/mol. The maximum absolute atomic E-state index is 5.42. The third-order valence-corrected chi connectivity index (χ3v) is 4.82. The molecule has 0 spiro atoms. The first-order valence-electron chi connectivity index (χ1n) is 6.31. The summed E-state index contributed by atoms with van der Waals surface area (Å²) in [5.41, 5.74) is 2.46. The monoisotopic (exact) mass is 339 g/mol. The number of hydrogen-bond donors (Lipinski definition) is 0. The number of benzene rings is 1. The van der Waals surface area contributed by atoms with Crippen molar-refractivity contribution in [3.05, 3.63) is 45.9 Å². The Balaban J connectivity index is 2.06. The lowest BCUT2D eigenvalue weighted by Crippen LogP contribution is -2.11. The molecule has 1 atom stereocenters. The van der Waals surface area contributed by atoms with Gasteiger partial charge in [0.15, 0.2) is 0 Å². The van der Waals surface area contributed by atoms with Gasteiger partial charge in [0, 0.05) is 10.7 Å². The van der Waals surface area contributed by atoms with E-state index in [-0.39, 0.29) is 0 Å². The van der Waals surface area contributed by atoms with Crippen LogP contribution < -0.4 is 4.74 Å². The van der Waals surface area contributed by atoms with E-state index in [0.29, 0.717) is 5.92 Å². The number of rotatable bonds is 6. The number of alkyl halides is 1. The topological polar surface area (TPSA) is 22.1 Å². The van der Waals surface area contributed by atoms with Crippen molar-refractivity contribution < 1.29 is 4.74 Å². The van der Waals surface area contributed by atoms with Crippen molar-refractivity contribution in [2.24, 2.45) is 5.92 Å². The van der Waals surface area contributed by atoms with Crippen molar-refractivity contribution in [2.75, 3.05) is 12.4 Å². The van der Waals surface area contributed by atoms with Crippen molar-refractivity contribution >= 4 is 27.3 Å². The third-order valence-electron chi connectivity index (χ3n) is 3.08. The fourth-order valence-corrected chi connectivity index (χ4v) is 3.24. The summed E-state index contributed by atoms with van der Waals surface area (Å²) in [6, 6.07) is 8.24. The summed E-state index contributed by atoms with van der Waals surface area (Å²) in [5, 5.41) is 4.27. The molecule has 2 nitrogen and oxygen atoms in total. The second kappa shape index (κ2) is 7.06. The van der Waals surface area contributed by atoms with Crippen LogP contribution in [0, 0.1) is 12.8 Å². The van der Waals surface area contributed by atoms with Gasteiger partial charge in [-0.3, -0.25) is 0 Å². The Kier molecular flexibility index (Phi) is 5.40. The molecule has 0 saturated carbocycles. The van der Waals surface area contributed by atoms with Gasteiger partial charge in [-0.1, -0.05) is 34.1 Å². The molecular weight excluding hydrogens is 322 g/mol. The number of para-hydroxylation sites is 1. The van der Waals surface area contributed by atoms with Crippen LogP contribution in [0.1, 0.15) is 16.3 Å². The normalized spacial score (nSPS) is 12.4. The van der Waals surface area contributed by atoms with Gasteiger partial charge in [0.1, 0.15) is 5.75 Å². The Morgan fingerprint density at radius 2 is 2.11 bits per heavy atom. The minimum absolute atomic E-state index is 0.540. The highest BCUT2D eigenvalue weighted by Crippen LogP contribution is 2.24. The predicted octanol–water partition coefficient (Wildman–Crippen LogP) is 4.26. The third kappa shape index (κ3) is 4.05. The Morgan fingerprint density at radius 3 is 2.74 bits per heavy atom. The van der Waals surface area contributed by atoms with E-state index in [2.05, 4.69) is 45.4 Å². The second-order valence-electron chi connectivity index (χ2n) is 4.60. The van der Waals surface area contributed by atoms with Gasteiger partial charge in [-0.2, -0.15) is 0 Å². The number of aryl methyl sites for hydroxylation is 1. The van der Waals surface area contributed by atoms with Gasteiger partial charge >= 0.3 is 0 Å². The minimum Gasteiger partial charge on any atom is -0.496 e. The molecule has 0 bridgehead atoms. The smallest absolute Gasteiger partial charge is 0.122 e. The van der Waals surface area contributed by atoms with Crippen molar-refractivity contribution in [3.8, 4) is 5.75 Å². The number of hydrogen-bond acceptors (Lipinski definition) is 3. The molecule has 0 fully saturated rings. The first kappa shape index (κ1) is 14.5. The minimum atomic E-state index is 0.540. The highest BCUT2D eigenvalue weighted by molar-refractivity contribution is 9.09. The summed E-state index contributed by atoms with van der Waals surface area (Å²) in [7, 11) is 1.73. The average molecular weight is 340 g/mol. The summed E-state index contributed by atoms with van der Waals surface area (Å²) in [4.78, 5) is 4.55. The molecular formula is C15H18BrNOS. The zero-order valence-corrected chi connectivity index (χ0v) is 13.6. The van der Waals surface area contributed by atoms with Crippen LogP contribution in [0.2, 0.25) is 0 Å². The van der Waals surface area contributed by atoms with E-state index < -0.39 is 0 Å². The van der Waals surface area contributed by atoms with E-state index in [1.165, 1.54) is 11.3 Å². The quantitative estimate of drug-likeness (QED) is 0.733. The molecule has 0 radical (unpaired) electrons. The van der Waals surface area contributed by atoms with Crippen LogP contribution in [0.3, 0.4) is 0 Å². The molecule has 1 aromatic carbocycles. The zero-order chi connectivity index (χ0) is 13.7. The van der Waals surface area contributed by atoms with E-state index in [1.807, 2.05) is 12.1 Å². The molecule has 1 heterocycles. The van der Waals surface area contributed by atoms with Crippen LogP contribution in [-0.4, -0.2) is 17.4 Å². The van der Waals surface area contributed by atoms with Gasteiger partial charge in [-0.25, -0.2) is 4.98 Å². The number of methoxy groups -OCH3 is 1. The maximum Gasteiger partial charge on any atom is 0.122 e. The molecule has 1 aromatic heterocycles. The van der Waals surface area contributed by atoms with E-state index in [0.717, 1.165) is 28.9 Å². The summed E-state index contributed by atoms with van der Waals surface area (Å²) < 4.78 is 5.42. The Hall–Kier alpha value is -0.870. The number of ether oxygens (including phenoxy) is 1. The van der Waals surface area contributed by atoms with Gasteiger partial charge in [0.2, 0.25) is 0 Å². The zero-order valence-electron chi connectivity index (χ0n) is 11.2. The number of nitrogens with zero attached hydrogens (tertiary/aromatic N) is 1. The molecule has 102 valence electrons. The van der Waals surface area contributed by atoms with Crippen molar-refractivity contribution in [1.82, 2.24) is 4.98 Å². The molecule has 0 aliphatic rings. The largest absolute Gasteiger partial charge is 0.496 e. The summed E-state index contributed by atoms with van der Waals surface area (Å²) in [6.07, 6.45) is 2.01. The standard InChI is InChI=1S/C15H18BrNOS/c1-11-17-14(10-19-11)8-12(9-16)7-13-5-3-4-6-15(13)18-2/h3-6,10,12H,7-9H2,1-2H3. The molecule has 2 aromatic rings. The van der Waals surface area contributed by atoms with E-state index >= 15 is 0 Å². The second-order valence-corrected chi connectivity index (χ2v) is 6.31. The highest BCUT2D eigenvalue weighted by atomic mass is 79.9. The van der Waals surface area contributed by atoms with E-state index in [9.17, 15) is 0 Å². The molecule has 4 heteroatoms. The number of halogens is 1. The van der Waals surface area contributed by atoms with Crippen LogP contribution in [0.25, 0.3) is 0 Å². The van der Waals surface area contributed by atoms with Gasteiger partial charge in [-0.05, 0) is 37.3 Å². The molecule has 0 amide bonds. The Bertz CT molecular complexity index is 526. The van der Waals surface area contributed by atoms with Gasteiger partial charge in [-0.15, -0.1) is 11.3 Å². The lowest BCUT2D eigenvalue weighted by atomic mass is 9.96. The summed E-state index contributed by atoms with van der Waals surface area (Å²) >= 11 is 5.34. The maximum atomic E-state index is 5.42. The van der Waals surface area contributed by atoms with Crippen molar-refractivity contribution in [1.29, 1.82) is 0 Å². The lowest BCUT2D eigenvalue weighted by molar-refractivity contribution is 0.405. The van der Waals surface area contributed by atoms with Crippen LogP contribution >= 0.6 is 27.3 Å². The van der Waals surface area contributed by atoms with Crippen LogP contribution in [0.4, 0.5) is 0 Å². The van der Waals surface area contributed by atoms with Gasteiger partial charge in [0.25, 0.3) is 0 Å². The number of aromatic nitrogens is 1. The Labute approximate surface area is 127 Å². The van der Waals surface area contributed by atoms with E-state index in [4.69, 9.17) is 4.74 Å². The number of thiazole rings is 1. The Morgan fingerprint density at radius 1 is 1.32 bits per heavy atom. The SMILES string of the molecule is COc1ccccc1CC(CBr)Cc1csc(C)n1. The molecule has 2 rings (SSSR count). The van der Waals surface area contributed by atoms with E-state index in [1.54, 1.807) is 18.4 Å². The molecule has 1 unspecified atom stereocenters. The van der Waals surface area contributed by atoms with Crippen LogP contribution in [-0.2, 0) is 12.8 Å². The van der Waals surface area contributed by atoms with Gasteiger partial charge < -0.3 is 4.74 Å². The van der Waals surface area contributed by atoms with Crippen molar-refractivity contribution in [2.45, 2.75) is 19.8 Å². The van der Waals surface area contributed by atoms with Crippen molar-refractivity contribution in [3.63, 3.8) is 0 Å². The molecule has 0 aliphatic heterocycles. The lowest BCUT2D eigenvalue weighted by Gasteiger charge is -2.15. The van der Waals surface area contributed by atoms with Gasteiger partial charge in [0.05, 0.1) is 17.8 Å². The van der Waals surface area contributed by atoms with Crippen LogP contribution in [0.5, 0.6) is 5.75 Å². The average Bonchev–Trinajstić information content (AvgIpc) is 2.84. The fraction of sp³-hybridized carbons (Fsp3) is 0.400. The molecule has 0 N–H and O–H groups in total. The molecule has 19 heavy (non-hydrogen) atoms. The fourth-order valence-electron chi connectivity index (χ4n) is 2.16.